The Labute approximate surface area is 104 Å². The first-order chi connectivity index (χ1) is 8.65. The molecule has 1 heterocycles. The first-order valence-electron chi connectivity index (χ1n) is 5.35. The van der Waals surface area contributed by atoms with E-state index in [4.69, 9.17) is 14.0 Å². The van der Waals surface area contributed by atoms with Gasteiger partial charge in [-0.25, -0.2) is 0 Å². The highest BCUT2D eigenvalue weighted by Crippen LogP contribution is 2.33. The Balaban J connectivity index is 2.45. The molecular weight excluding hydrogens is 234 g/mol. The van der Waals surface area contributed by atoms with Crippen molar-refractivity contribution in [1.29, 1.82) is 0 Å². The third-order valence-corrected chi connectivity index (χ3v) is 2.55. The summed E-state index contributed by atoms with van der Waals surface area (Å²) in [7, 11) is 3.14. The predicted octanol–water partition coefficient (Wildman–Crippen LogP) is 2.56. The Morgan fingerprint density at radius 3 is 2.56 bits per heavy atom. The summed E-state index contributed by atoms with van der Waals surface area (Å²) in [6, 6.07) is 6.91. The number of hydrogen-bond acceptors (Lipinski definition) is 5. The van der Waals surface area contributed by atoms with Crippen molar-refractivity contribution in [3.8, 4) is 22.8 Å². The lowest BCUT2D eigenvalue weighted by atomic mass is 10.1. The molecular formula is C13H13NO4. The minimum atomic E-state index is -0.141. The Bertz CT molecular complexity index is 574. The van der Waals surface area contributed by atoms with E-state index in [1.165, 1.54) is 6.92 Å². The maximum atomic E-state index is 11.2. The minimum absolute atomic E-state index is 0.141. The number of aromatic nitrogens is 1. The van der Waals surface area contributed by atoms with Crippen LogP contribution in [-0.2, 0) is 0 Å². The van der Waals surface area contributed by atoms with Crippen LogP contribution in [0.3, 0.4) is 0 Å². The highest BCUT2D eigenvalue weighted by atomic mass is 16.5. The molecule has 0 atom stereocenters. The van der Waals surface area contributed by atoms with E-state index in [0.29, 0.717) is 23.0 Å². The number of ketones is 1. The summed E-state index contributed by atoms with van der Waals surface area (Å²) in [5, 5.41) is 3.70. The van der Waals surface area contributed by atoms with Gasteiger partial charge in [0.2, 0.25) is 0 Å². The average molecular weight is 247 g/mol. The van der Waals surface area contributed by atoms with Crippen LogP contribution in [0.5, 0.6) is 11.5 Å². The summed E-state index contributed by atoms with van der Waals surface area (Å²) in [4.78, 5) is 11.2. The highest BCUT2D eigenvalue weighted by Gasteiger charge is 2.14. The standard InChI is InChI=1S/C13H13NO4/c1-8(15)11-7-13(18-14-11)10-5-4-9(16-2)6-12(10)17-3/h4-7H,1-3H3. The maximum Gasteiger partial charge on any atom is 0.181 e. The van der Waals surface area contributed by atoms with Crippen LogP contribution in [0.25, 0.3) is 11.3 Å². The van der Waals surface area contributed by atoms with Crippen LogP contribution in [0.1, 0.15) is 17.4 Å². The zero-order valence-electron chi connectivity index (χ0n) is 10.4. The van der Waals surface area contributed by atoms with Gasteiger partial charge in [-0.2, -0.15) is 0 Å². The molecule has 0 aliphatic carbocycles. The molecule has 0 amide bonds. The molecule has 0 spiro atoms. The summed E-state index contributed by atoms with van der Waals surface area (Å²) >= 11 is 0. The van der Waals surface area contributed by atoms with Gasteiger partial charge < -0.3 is 14.0 Å². The molecule has 2 rings (SSSR count). The van der Waals surface area contributed by atoms with Gasteiger partial charge in [0.25, 0.3) is 0 Å². The largest absolute Gasteiger partial charge is 0.497 e. The van der Waals surface area contributed by atoms with Gasteiger partial charge in [0.15, 0.2) is 11.5 Å². The SMILES string of the molecule is COc1ccc(-c2cc(C(C)=O)no2)c(OC)c1. The van der Waals surface area contributed by atoms with Crippen LogP contribution >= 0.6 is 0 Å². The quantitative estimate of drug-likeness (QED) is 0.777. The molecule has 0 aliphatic heterocycles. The van der Waals surface area contributed by atoms with E-state index in [1.807, 2.05) is 0 Å². The number of nitrogens with zero attached hydrogens (tertiary/aromatic N) is 1. The molecule has 0 saturated carbocycles. The fraction of sp³-hybridized carbons (Fsp3) is 0.231. The third kappa shape index (κ3) is 2.20. The lowest BCUT2D eigenvalue weighted by molar-refractivity contribution is 0.100. The molecule has 5 nitrogen and oxygen atoms in total. The number of carbonyl (C=O) groups is 1. The van der Waals surface area contributed by atoms with Gasteiger partial charge in [0.1, 0.15) is 17.2 Å². The van der Waals surface area contributed by atoms with E-state index >= 15 is 0 Å². The lowest BCUT2D eigenvalue weighted by Crippen LogP contribution is -1.90. The molecule has 1 aromatic carbocycles. The van der Waals surface area contributed by atoms with Gasteiger partial charge in [-0.15, -0.1) is 0 Å². The maximum absolute atomic E-state index is 11.2. The van der Waals surface area contributed by atoms with E-state index in [0.717, 1.165) is 5.56 Å². The smallest absolute Gasteiger partial charge is 0.181 e. The van der Waals surface area contributed by atoms with Crippen LogP contribution < -0.4 is 9.47 Å². The first kappa shape index (κ1) is 12.2. The van der Waals surface area contributed by atoms with Crippen molar-refractivity contribution >= 4 is 5.78 Å². The number of methoxy groups -OCH3 is 2. The average Bonchev–Trinajstić information content (AvgIpc) is 2.87. The van der Waals surface area contributed by atoms with Crippen LogP contribution in [0.4, 0.5) is 0 Å². The van der Waals surface area contributed by atoms with Gasteiger partial charge in [-0.05, 0) is 12.1 Å². The molecule has 18 heavy (non-hydrogen) atoms. The van der Waals surface area contributed by atoms with Crippen LogP contribution in [0, 0.1) is 0 Å². The van der Waals surface area contributed by atoms with E-state index in [9.17, 15) is 4.79 Å². The van der Waals surface area contributed by atoms with Gasteiger partial charge >= 0.3 is 0 Å². The number of ether oxygens (including phenoxy) is 2. The van der Waals surface area contributed by atoms with E-state index in [2.05, 4.69) is 5.16 Å². The Hall–Kier alpha value is -2.30. The predicted molar refractivity (Wildman–Crippen MR) is 65.0 cm³/mol. The summed E-state index contributed by atoms with van der Waals surface area (Å²) in [5.74, 6) is 1.62. The number of Topliss-reactive ketones (excluding diaryl/α,β-unsaturated/α-hetero) is 1. The second-order valence-corrected chi connectivity index (χ2v) is 3.70. The first-order valence-corrected chi connectivity index (χ1v) is 5.35. The van der Waals surface area contributed by atoms with Gasteiger partial charge in [0, 0.05) is 19.1 Å². The molecule has 94 valence electrons. The van der Waals surface area contributed by atoms with Crippen molar-refractivity contribution in [2.75, 3.05) is 14.2 Å². The molecule has 0 saturated heterocycles. The second kappa shape index (κ2) is 4.91. The Morgan fingerprint density at radius 1 is 1.22 bits per heavy atom. The van der Waals surface area contributed by atoms with Crippen molar-refractivity contribution in [2.45, 2.75) is 6.92 Å². The number of benzene rings is 1. The zero-order valence-corrected chi connectivity index (χ0v) is 10.4. The van der Waals surface area contributed by atoms with Crippen molar-refractivity contribution in [1.82, 2.24) is 5.16 Å². The van der Waals surface area contributed by atoms with Crippen molar-refractivity contribution in [3.05, 3.63) is 30.0 Å². The number of hydrogen-bond donors (Lipinski definition) is 0. The van der Waals surface area contributed by atoms with Crippen molar-refractivity contribution in [3.63, 3.8) is 0 Å². The van der Waals surface area contributed by atoms with Crippen molar-refractivity contribution < 1.29 is 18.8 Å². The second-order valence-electron chi connectivity index (χ2n) is 3.70. The zero-order chi connectivity index (χ0) is 13.1. The summed E-state index contributed by atoms with van der Waals surface area (Å²) in [6.07, 6.45) is 0. The van der Waals surface area contributed by atoms with Crippen LogP contribution in [-0.4, -0.2) is 25.2 Å². The molecule has 0 unspecified atom stereocenters. The molecule has 0 N–H and O–H groups in total. The summed E-state index contributed by atoms with van der Waals surface area (Å²) in [6.45, 7) is 1.44. The van der Waals surface area contributed by atoms with Gasteiger partial charge in [0.05, 0.1) is 19.8 Å². The summed E-state index contributed by atoms with van der Waals surface area (Å²) < 4.78 is 15.5. The topological polar surface area (TPSA) is 61.6 Å². The normalized spacial score (nSPS) is 10.2. The van der Waals surface area contributed by atoms with E-state index in [-0.39, 0.29) is 5.78 Å². The van der Waals surface area contributed by atoms with Crippen LogP contribution in [0.2, 0.25) is 0 Å². The molecule has 0 fully saturated rings. The molecule has 0 bridgehead atoms. The van der Waals surface area contributed by atoms with Crippen LogP contribution in [0.15, 0.2) is 28.8 Å². The fourth-order valence-corrected chi connectivity index (χ4v) is 1.57. The van der Waals surface area contributed by atoms with Gasteiger partial charge in [-0.3, -0.25) is 4.79 Å². The molecule has 5 heteroatoms. The fourth-order valence-electron chi connectivity index (χ4n) is 1.57. The van der Waals surface area contributed by atoms with Gasteiger partial charge in [-0.1, -0.05) is 5.16 Å². The Kier molecular flexibility index (Phi) is 3.32. The number of carbonyl (C=O) groups excluding carboxylic acids is 1. The Morgan fingerprint density at radius 2 is 2.00 bits per heavy atom. The monoisotopic (exact) mass is 247 g/mol. The minimum Gasteiger partial charge on any atom is -0.497 e. The lowest BCUT2D eigenvalue weighted by Gasteiger charge is -2.07. The molecule has 0 radical (unpaired) electrons. The molecule has 1 aromatic heterocycles. The summed E-state index contributed by atoms with van der Waals surface area (Å²) in [5.41, 5.74) is 1.01. The third-order valence-electron chi connectivity index (χ3n) is 2.55. The van der Waals surface area contributed by atoms with Crippen molar-refractivity contribution in [2.24, 2.45) is 0 Å². The van der Waals surface area contributed by atoms with E-state index in [1.54, 1.807) is 38.5 Å². The molecule has 0 aliphatic rings. The molecule has 2 aromatic rings. The van der Waals surface area contributed by atoms with E-state index < -0.39 is 0 Å². The highest BCUT2D eigenvalue weighted by molar-refractivity contribution is 5.93. The number of rotatable bonds is 4.